The Morgan fingerprint density at radius 2 is 2.00 bits per heavy atom. The maximum atomic E-state index is 5.89. The molecule has 0 bridgehead atoms. The normalized spacial score (nSPS) is 11.8. The van der Waals surface area contributed by atoms with Crippen LogP contribution >= 0.6 is 22.9 Å². The number of hydrogen-bond acceptors (Lipinski definition) is 3. The lowest BCUT2D eigenvalue weighted by Crippen LogP contribution is -2.37. The number of aliphatic imine (C=N–C) groups is 1. The van der Waals surface area contributed by atoms with E-state index in [1.165, 1.54) is 10.6 Å². The quantitative estimate of drug-likeness (QED) is 0.615. The van der Waals surface area contributed by atoms with Gasteiger partial charge in [-0.3, -0.25) is 4.99 Å². The third-order valence-electron chi connectivity index (χ3n) is 3.33. The Morgan fingerprint density at radius 3 is 2.61 bits per heavy atom. The summed E-state index contributed by atoms with van der Waals surface area (Å²) in [4.78, 5) is 8.88. The van der Waals surface area contributed by atoms with Gasteiger partial charge in [-0.25, -0.2) is 4.98 Å². The van der Waals surface area contributed by atoms with E-state index in [-0.39, 0.29) is 0 Å². The molecule has 0 fully saturated rings. The second-order valence-corrected chi connectivity index (χ2v) is 6.89. The minimum Gasteiger partial charge on any atom is -0.356 e. The highest BCUT2D eigenvalue weighted by atomic mass is 35.5. The first kappa shape index (κ1) is 17.8. The first-order valence-electron chi connectivity index (χ1n) is 7.71. The summed E-state index contributed by atoms with van der Waals surface area (Å²) in [5.74, 6) is 1.29. The van der Waals surface area contributed by atoms with Crippen molar-refractivity contribution in [2.45, 2.75) is 32.7 Å². The zero-order valence-corrected chi connectivity index (χ0v) is 15.3. The van der Waals surface area contributed by atoms with Crippen molar-refractivity contribution in [1.29, 1.82) is 0 Å². The van der Waals surface area contributed by atoms with Crippen molar-refractivity contribution in [3.63, 3.8) is 0 Å². The standard InChI is InChI=1S/C17H23ClN4S/c1-12(2)16-22-15(11-23-16)8-9-20-17(19-3)21-10-13-4-6-14(18)7-5-13/h4-7,11-12H,8-10H2,1-3H3,(H2,19,20,21). The number of halogens is 1. The topological polar surface area (TPSA) is 49.3 Å². The molecule has 0 aliphatic rings. The van der Waals surface area contributed by atoms with Crippen LogP contribution in [0.4, 0.5) is 0 Å². The van der Waals surface area contributed by atoms with E-state index in [0.717, 1.165) is 29.6 Å². The lowest BCUT2D eigenvalue weighted by atomic mass is 10.2. The van der Waals surface area contributed by atoms with Gasteiger partial charge in [-0.05, 0) is 17.7 Å². The molecule has 1 heterocycles. The van der Waals surface area contributed by atoms with E-state index in [9.17, 15) is 0 Å². The fourth-order valence-electron chi connectivity index (χ4n) is 2.02. The second kappa shape index (κ2) is 8.89. The molecule has 0 saturated heterocycles. The highest BCUT2D eigenvalue weighted by Crippen LogP contribution is 2.19. The van der Waals surface area contributed by atoms with Gasteiger partial charge in [-0.2, -0.15) is 0 Å². The first-order valence-corrected chi connectivity index (χ1v) is 8.97. The molecule has 2 N–H and O–H groups in total. The number of hydrogen-bond donors (Lipinski definition) is 2. The van der Waals surface area contributed by atoms with Gasteiger partial charge in [0.15, 0.2) is 5.96 Å². The highest BCUT2D eigenvalue weighted by Gasteiger charge is 2.06. The van der Waals surface area contributed by atoms with E-state index in [1.54, 1.807) is 18.4 Å². The van der Waals surface area contributed by atoms with Gasteiger partial charge in [0.25, 0.3) is 0 Å². The van der Waals surface area contributed by atoms with Crippen LogP contribution in [0.2, 0.25) is 5.02 Å². The first-order chi connectivity index (χ1) is 11.1. The number of nitrogens with one attached hydrogen (secondary N) is 2. The molecule has 23 heavy (non-hydrogen) atoms. The van der Waals surface area contributed by atoms with Gasteiger partial charge in [0.2, 0.25) is 0 Å². The van der Waals surface area contributed by atoms with E-state index < -0.39 is 0 Å². The number of aromatic nitrogens is 1. The Bertz CT molecular complexity index is 634. The minimum absolute atomic E-state index is 0.496. The molecule has 0 spiro atoms. The SMILES string of the molecule is CN=C(NCCc1csc(C(C)C)n1)NCc1ccc(Cl)cc1. The van der Waals surface area contributed by atoms with Crippen molar-refractivity contribution in [2.75, 3.05) is 13.6 Å². The molecule has 0 amide bonds. The van der Waals surface area contributed by atoms with Gasteiger partial charge in [-0.1, -0.05) is 37.6 Å². The molecule has 0 aliphatic heterocycles. The van der Waals surface area contributed by atoms with Gasteiger partial charge in [0.05, 0.1) is 10.7 Å². The predicted octanol–water partition coefficient (Wildman–Crippen LogP) is 3.83. The van der Waals surface area contributed by atoms with Crippen molar-refractivity contribution >= 4 is 28.9 Å². The molecule has 0 radical (unpaired) electrons. The molecule has 1 aromatic carbocycles. The summed E-state index contributed by atoms with van der Waals surface area (Å²) in [6.45, 7) is 5.86. The number of rotatable bonds is 6. The number of benzene rings is 1. The van der Waals surface area contributed by atoms with E-state index in [1.807, 2.05) is 24.3 Å². The van der Waals surface area contributed by atoms with Crippen LogP contribution in [0.1, 0.15) is 36.0 Å². The van der Waals surface area contributed by atoms with Crippen molar-refractivity contribution in [3.8, 4) is 0 Å². The Labute approximate surface area is 147 Å². The fraction of sp³-hybridized carbons (Fsp3) is 0.412. The molecular formula is C17H23ClN4S. The summed E-state index contributed by atoms with van der Waals surface area (Å²) in [5, 5.41) is 10.7. The van der Waals surface area contributed by atoms with Crippen molar-refractivity contribution in [1.82, 2.24) is 15.6 Å². The summed E-state index contributed by atoms with van der Waals surface area (Å²) in [6.07, 6.45) is 0.894. The Morgan fingerprint density at radius 1 is 1.26 bits per heavy atom. The minimum atomic E-state index is 0.496. The monoisotopic (exact) mass is 350 g/mol. The van der Waals surface area contributed by atoms with Gasteiger partial charge >= 0.3 is 0 Å². The summed E-state index contributed by atoms with van der Waals surface area (Å²) >= 11 is 7.62. The molecule has 0 saturated carbocycles. The zero-order valence-electron chi connectivity index (χ0n) is 13.8. The molecule has 0 atom stereocenters. The summed E-state index contributed by atoms with van der Waals surface area (Å²) in [5.41, 5.74) is 2.30. The molecule has 124 valence electrons. The average Bonchev–Trinajstić information content (AvgIpc) is 3.01. The molecular weight excluding hydrogens is 328 g/mol. The van der Waals surface area contributed by atoms with Crippen LogP contribution < -0.4 is 10.6 Å². The average molecular weight is 351 g/mol. The highest BCUT2D eigenvalue weighted by molar-refractivity contribution is 7.09. The maximum Gasteiger partial charge on any atom is 0.191 e. The lowest BCUT2D eigenvalue weighted by molar-refractivity contribution is 0.777. The van der Waals surface area contributed by atoms with Crippen molar-refractivity contribution in [2.24, 2.45) is 4.99 Å². The molecule has 0 aliphatic carbocycles. The van der Waals surface area contributed by atoms with Crippen LogP contribution in [-0.2, 0) is 13.0 Å². The third kappa shape index (κ3) is 5.84. The second-order valence-electron chi connectivity index (χ2n) is 5.56. The van der Waals surface area contributed by atoms with Gasteiger partial charge in [0, 0.05) is 42.9 Å². The smallest absolute Gasteiger partial charge is 0.191 e. The molecule has 6 heteroatoms. The summed E-state index contributed by atoms with van der Waals surface area (Å²) < 4.78 is 0. The van der Waals surface area contributed by atoms with Gasteiger partial charge < -0.3 is 10.6 Å². The summed E-state index contributed by atoms with van der Waals surface area (Å²) in [7, 11) is 1.77. The summed E-state index contributed by atoms with van der Waals surface area (Å²) in [6, 6.07) is 7.79. The molecule has 2 aromatic rings. The molecule has 4 nitrogen and oxygen atoms in total. The maximum absolute atomic E-state index is 5.89. The van der Waals surface area contributed by atoms with Crippen molar-refractivity contribution in [3.05, 3.63) is 50.9 Å². The zero-order chi connectivity index (χ0) is 16.7. The molecule has 2 rings (SSSR count). The van der Waals surface area contributed by atoms with Crippen LogP contribution in [0.15, 0.2) is 34.6 Å². The van der Waals surface area contributed by atoms with Crippen LogP contribution in [-0.4, -0.2) is 24.5 Å². The molecule has 0 unspecified atom stereocenters. The van der Waals surface area contributed by atoms with E-state index in [4.69, 9.17) is 11.6 Å². The fourth-order valence-corrected chi connectivity index (χ4v) is 3.02. The Kier molecular flexibility index (Phi) is 6.86. The van der Waals surface area contributed by atoms with E-state index in [2.05, 4.69) is 39.8 Å². The van der Waals surface area contributed by atoms with Crippen LogP contribution in [0, 0.1) is 0 Å². The van der Waals surface area contributed by atoms with Gasteiger partial charge in [0.1, 0.15) is 0 Å². The largest absolute Gasteiger partial charge is 0.356 e. The number of guanidine groups is 1. The van der Waals surface area contributed by atoms with Crippen LogP contribution in [0.25, 0.3) is 0 Å². The van der Waals surface area contributed by atoms with E-state index in [0.29, 0.717) is 12.5 Å². The Balaban J connectivity index is 1.75. The third-order valence-corrected chi connectivity index (χ3v) is 4.78. The predicted molar refractivity (Wildman–Crippen MR) is 99.6 cm³/mol. The van der Waals surface area contributed by atoms with Crippen LogP contribution in [0.5, 0.6) is 0 Å². The lowest BCUT2D eigenvalue weighted by Gasteiger charge is -2.11. The molecule has 1 aromatic heterocycles. The Hall–Kier alpha value is -1.59. The van der Waals surface area contributed by atoms with E-state index >= 15 is 0 Å². The van der Waals surface area contributed by atoms with Gasteiger partial charge in [-0.15, -0.1) is 11.3 Å². The number of thiazole rings is 1. The number of nitrogens with zero attached hydrogens (tertiary/aromatic N) is 2. The van der Waals surface area contributed by atoms with Crippen LogP contribution in [0.3, 0.4) is 0 Å². The van der Waals surface area contributed by atoms with Crippen molar-refractivity contribution < 1.29 is 0 Å².